The Hall–Kier alpha value is -1.24. The number of rotatable bonds is 3. The van der Waals surface area contributed by atoms with Crippen molar-refractivity contribution in [2.45, 2.75) is 12.6 Å². The van der Waals surface area contributed by atoms with Crippen molar-refractivity contribution >= 4 is 11.3 Å². The molecule has 3 heterocycles. The number of hydrogen-bond donors (Lipinski definition) is 1. The van der Waals surface area contributed by atoms with Gasteiger partial charge in [0.2, 0.25) is 0 Å². The highest BCUT2D eigenvalue weighted by Gasteiger charge is 2.24. The maximum absolute atomic E-state index is 5.70. The molecular weight excluding hydrogens is 224 g/mol. The third-order valence-electron chi connectivity index (χ3n) is 2.59. The quantitative estimate of drug-likeness (QED) is 0.859. The van der Waals surface area contributed by atoms with E-state index in [-0.39, 0.29) is 0 Å². The molecule has 0 spiro atoms. The number of aromatic nitrogens is 2. The zero-order chi connectivity index (χ0) is 11.0. The first-order valence-corrected chi connectivity index (χ1v) is 6.08. The second kappa shape index (κ2) is 3.97. The van der Waals surface area contributed by atoms with Gasteiger partial charge in [-0.2, -0.15) is 16.3 Å². The van der Waals surface area contributed by atoms with Crippen LogP contribution in [0.25, 0.3) is 11.5 Å². The Bertz CT molecular complexity index is 461. The second-order valence-electron chi connectivity index (χ2n) is 3.98. The molecule has 84 valence electrons. The van der Waals surface area contributed by atoms with Gasteiger partial charge in [0.1, 0.15) is 0 Å². The van der Waals surface area contributed by atoms with Crippen molar-refractivity contribution in [3.63, 3.8) is 0 Å². The Balaban J connectivity index is 1.69. The molecule has 5 nitrogen and oxygen atoms in total. The van der Waals surface area contributed by atoms with E-state index in [4.69, 9.17) is 10.3 Å². The van der Waals surface area contributed by atoms with E-state index >= 15 is 0 Å². The lowest BCUT2D eigenvalue weighted by atomic mass is 10.1. The molecule has 0 bridgehead atoms. The molecule has 0 aliphatic carbocycles. The summed E-state index contributed by atoms with van der Waals surface area (Å²) in [5, 5.41) is 7.95. The molecule has 3 rings (SSSR count). The molecule has 1 fully saturated rings. The zero-order valence-corrected chi connectivity index (χ0v) is 9.48. The Morgan fingerprint density at radius 2 is 2.44 bits per heavy atom. The van der Waals surface area contributed by atoms with Crippen LogP contribution < -0.4 is 5.73 Å². The van der Waals surface area contributed by atoms with Crippen molar-refractivity contribution in [1.29, 1.82) is 0 Å². The predicted molar refractivity (Wildman–Crippen MR) is 60.9 cm³/mol. The smallest absolute Gasteiger partial charge is 0.258 e. The van der Waals surface area contributed by atoms with Crippen LogP contribution in [0, 0.1) is 0 Å². The van der Waals surface area contributed by atoms with Crippen LogP contribution >= 0.6 is 11.3 Å². The highest BCUT2D eigenvalue weighted by atomic mass is 32.1. The Morgan fingerprint density at radius 3 is 3.12 bits per heavy atom. The van der Waals surface area contributed by atoms with Crippen LogP contribution in [-0.4, -0.2) is 34.2 Å². The summed E-state index contributed by atoms with van der Waals surface area (Å²) in [6.07, 6.45) is 0. The summed E-state index contributed by atoms with van der Waals surface area (Å²) in [5.74, 6) is 1.33. The molecule has 0 unspecified atom stereocenters. The van der Waals surface area contributed by atoms with Gasteiger partial charge < -0.3 is 10.3 Å². The predicted octanol–water partition coefficient (Wildman–Crippen LogP) is 0.941. The summed E-state index contributed by atoms with van der Waals surface area (Å²) in [5.41, 5.74) is 6.69. The van der Waals surface area contributed by atoms with E-state index in [2.05, 4.69) is 15.0 Å². The van der Waals surface area contributed by atoms with Gasteiger partial charge in [0.05, 0.1) is 12.1 Å². The van der Waals surface area contributed by atoms with Crippen LogP contribution in [0.4, 0.5) is 0 Å². The summed E-state index contributed by atoms with van der Waals surface area (Å²) in [6.45, 7) is 2.56. The molecular formula is C10H12N4OS. The van der Waals surface area contributed by atoms with Crippen molar-refractivity contribution in [2.24, 2.45) is 5.73 Å². The topological polar surface area (TPSA) is 68.2 Å². The van der Waals surface area contributed by atoms with Crippen LogP contribution in [0.3, 0.4) is 0 Å². The van der Waals surface area contributed by atoms with E-state index in [9.17, 15) is 0 Å². The van der Waals surface area contributed by atoms with E-state index in [0.717, 1.165) is 31.0 Å². The number of nitrogens with zero attached hydrogens (tertiary/aromatic N) is 3. The average molecular weight is 236 g/mol. The lowest BCUT2D eigenvalue weighted by molar-refractivity contribution is 0.137. The largest absolute Gasteiger partial charge is 0.334 e. The summed E-state index contributed by atoms with van der Waals surface area (Å²) in [6, 6.07) is 2.28. The first kappa shape index (κ1) is 9.95. The Morgan fingerprint density at radius 1 is 1.56 bits per heavy atom. The lowest BCUT2D eigenvalue weighted by Crippen LogP contribution is -2.55. The molecule has 0 atom stereocenters. The monoisotopic (exact) mass is 236 g/mol. The molecule has 6 heteroatoms. The minimum atomic E-state index is 0.309. The van der Waals surface area contributed by atoms with Crippen LogP contribution in [-0.2, 0) is 6.54 Å². The minimum Gasteiger partial charge on any atom is -0.334 e. The normalized spacial score (nSPS) is 17.6. The van der Waals surface area contributed by atoms with Gasteiger partial charge in [-0.05, 0) is 11.4 Å². The van der Waals surface area contributed by atoms with Gasteiger partial charge in [-0.3, -0.25) is 4.90 Å². The summed E-state index contributed by atoms with van der Waals surface area (Å²) in [7, 11) is 0. The van der Waals surface area contributed by atoms with E-state index in [1.165, 1.54) is 0 Å². The lowest BCUT2D eigenvalue weighted by Gasteiger charge is -2.35. The molecule has 2 aromatic heterocycles. The standard InChI is InChI=1S/C10H12N4OS/c11-8-3-14(4-8)5-9-12-10(15-13-9)7-1-2-16-6-7/h1-2,6,8H,3-5,11H2. The third kappa shape index (κ3) is 1.87. The van der Waals surface area contributed by atoms with E-state index in [0.29, 0.717) is 11.9 Å². The van der Waals surface area contributed by atoms with Crippen molar-refractivity contribution < 1.29 is 4.52 Å². The average Bonchev–Trinajstić information content (AvgIpc) is 2.84. The summed E-state index contributed by atoms with van der Waals surface area (Å²) < 4.78 is 5.19. The molecule has 1 aliphatic heterocycles. The minimum absolute atomic E-state index is 0.309. The molecule has 2 aromatic rings. The molecule has 0 aromatic carbocycles. The van der Waals surface area contributed by atoms with Gasteiger partial charge in [-0.1, -0.05) is 5.16 Å². The molecule has 0 saturated carbocycles. The Labute approximate surface area is 96.9 Å². The number of thiophene rings is 1. The van der Waals surface area contributed by atoms with Crippen LogP contribution in [0.2, 0.25) is 0 Å². The van der Waals surface area contributed by atoms with Gasteiger partial charge in [-0.25, -0.2) is 0 Å². The van der Waals surface area contributed by atoms with Gasteiger partial charge in [0, 0.05) is 24.5 Å². The highest BCUT2D eigenvalue weighted by molar-refractivity contribution is 7.08. The number of hydrogen-bond acceptors (Lipinski definition) is 6. The fraction of sp³-hybridized carbons (Fsp3) is 0.400. The molecule has 1 aliphatic rings. The van der Waals surface area contributed by atoms with Crippen LogP contribution in [0.1, 0.15) is 5.82 Å². The zero-order valence-electron chi connectivity index (χ0n) is 8.67. The van der Waals surface area contributed by atoms with Crippen LogP contribution in [0.15, 0.2) is 21.3 Å². The maximum Gasteiger partial charge on any atom is 0.258 e. The van der Waals surface area contributed by atoms with Crippen molar-refractivity contribution in [3.8, 4) is 11.5 Å². The summed E-state index contributed by atoms with van der Waals surface area (Å²) in [4.78, 5) is 6.55. The second-order valence-corrected chi connectivity index (χ2v) is 4.76. The van der Waals surface area contributed by atoms with Gasteiger partial charge in [-0.15, -0.1) is 0 Å². The van der Waals surface area contributed by atoms with Crippen LogP contribution in [0.5, 0.6) is 0 Å². The maximum atomic E-state index is 5.70. The first-order chi connectivity index (χ1) is 7.81. The summed E-state index contributed by atoms with van der Waals surface area (Å²) >= 11 is 1.62. The first-order valence-electron chi connectivity index (χ1n) is 5.14. The molecule has 0 amide bonds. The fourth-order valence-electron chi connectivity index (χ4n) is 1.76. The van der Waals surface area contributed by atoms with Gasteiger partial charge >= 0.3 is 0 Å². The molecule has 1 saturated heterocycles. The van der Waals surface area contributed by atoms with E-state index in [1.807, 2.05) is 16.8 Å². The SMILES string of the molecule is NC1CN(Cc2noc(-c3ccsc3)n2)C1. The van der Waals surface area contributed by atoms with Gasteiger partial charge in [0.25, 0.3) is 5.89 Å². The third-order valence-corrected chi connectivity index (χ3v) is 3.27. The number of likely N-dealkylation sites (tertiary alicyclic amines) is 1. The Kier molecular flexibility index (Phi) is 2.47. The van der Waals surface area contributed by atoms with Gasteiger partial charge in [0.15, 0.2) is 5.82 Å². The highest BCUT2D eigenvalue weighted by Crippen LogP contribution is 2.20. The van der Waals surface area contributed by atoms with E-state index in [1.54, 1.807) is 11.3 Å². The van der Waals surface area contributed by atoms with Crippen molar-refractivity contribution in [3.05, 3.63) is 22.7 Å². The van der Waals surface area contributed by atoms with Crippen molar-refractivity contribution in [1.82, 2.24) is 15.0 Å². The fourth-order valence-corrected chi connectivity index (χ4v) is 2.39. The van der Waals surface area contributed by atoms with Crippen molar-refractivity contribution in [2.75, 3.05) is 13.1 Å². The molecule has 16 heavy (non-hydrogen) atoms. The number of nitrogens with two attached hydrogens (primary N) is 1. The van der Waals surface area contributed by atoms with E-state index < -0.39 is 0 Å². The molecule has 0 radical (unpaired) electrons. The molecule has 2 N–H and O–H groups in total.